The number of rotatable bonds is 3. The Kier molecular flexibility index (Phi) is 4.10. The van der Waals surface area contributed by atoms with Gasteiger partial charge in [-0.05, 0) is 32.0 Å². The van der Waals surface area contributed by atoms with Gasteiger partial charge in [0.05, 0.1) is 16.4 Å². The average molecular weight is 388 g/mol. The van der Waals surface area contributed by atoms with Crippen LogP contribution in [0.3, 0.4) is 0 Å². The van der Waals surface area contributed by atoms with Gasteiger partial charge >= 0.3 is 0 Å². The Morgan fingerprint density at radius 1 is 1.33 bits per heavy atom. The highest BCUT2D eigenvalue weighted by Crippen LogP contribution is 2.23. The predicted molar refractivity (Wildman–Crippen MR) is 91.0 cm³/mol. The van der Waals surface area contributed by atoms with E-state index in [1.165, 1.54) is 34.9 Å². The highest BCUT2D eigenvalue weighted by Gasteiger charge is 2.25. The van der Waals surface area contributed by atoms with Gasteiger partial charge in [0.2, 0.25) is 0 Å². The number of benzene rings is 1. The van der Waals surface area contributed by atoms with E-state index in [0.717, 1.165) is 17.0 Å². The molecule has 1 aromatic carbocycles. The van der Waals surface area contributed by atoms with E-state index in [9.17, 15) is 17.6 Å². The van der Waals surface area contributed by atoms with Crippen LogP contribution in [0.4, 0.5) is 10.1 Å². The number of hydrogen-bond donors (Lipinski definition) is 1. The van der Waals surface area contributed by atoms with E-state index in [2.05, 4.69) is 9.71 Å². The van der Waals surface area contributed by atoms with E-state index in [4.69, 9.17) is 11.6 Å². The van der Waals surface area contributed by atoms with Crippen LogP contribution < -0.4 is 10.3 Å². The standard InChI is InChI=1S/C14H11ClFN3O3S2/c1-7-6-19-13(20)12(8(2)17-14(19)23-7)24(21,22)18-9-3-4-11(16)10(15)5-9/h3-6,18H,1-2H3. The third-order valence-electron chi connectivity index (χ3n) is 3.21. The SMILES string of the molecule is Cc1cn2c(=O)c(S(=O)(=O)Nc3ccc(F)c(Cl)c3)c(C)nc2s1. The predicted octanol–water partition coefficient (Wildman–Crippen LogP) is 2.97. The number of thiazole rings is 1. The third-order valence-corrected chi connectivity index (χ3v) is 5.91. The first kappa shape index (κ1) is 16.9. The van der Waals surface area contributed by atoms with E-state index < -0.39 is 26.3 Å². The first-order valence-corrected chi connectivity index (χ1v) is 9.34. The molecule has 0 bridgehead atoms. The Bertz CT molecular complexity index is 1120. The normalized spacial score (nSPS) is 11.8. The molecule has 10 heteroatoms. The minimum Gasteiger partial charge on any atom is -0.279 e. The van der Waals surface area contributed by atoms with Gasteiger partial charge in [0.1, 0.15) is 5.82 Å². The van der Waals surface area contributed by atoms with Crippen LogP contribution in [0.2, 0.25) is 5.02 Å². The fourth-order valence-electron chi connectivity index (χ4n) is 2.21. The van der Waals surface area contributed by atoms with Crippen molar-refractivity contribution in [2.75, 3.05) is 4.72 Å². The molecule has 24 heavy (non-hydrogen) atoms. The number of halogens is 2. The summed E-state index contributed by atoms with van der Waals surface area (Å²) in [6, 6.07) is 3.37. The summed E-state index contributed by atoms with van der Waals surface area (Å²) >= 11 is 6.93. The molecule has 6 nitrogen and oxygen atoms in total. The van der Waals surface area contributed by atoms with Crippen LogP contribution in [0, 0.1) is 19.7 Å². The number of hydrogen-bond acceptors (Lipinski definition) is 5. The summed E-state index contributed by atoms with van der Waals surface area (Å²) in [6.07, 6.45) is 1.53. The molecule has 1 N–H and O–H groups in total. The molecular formula is C14H11ClFN3O3S2. The minimum atomic E-state index is -4.21. The molecular weight excluding hydrogens is 377 g/mol. The zero-order valence-corrected chi connectivity index (χ0v) is 14.9. The lowest BCUT2D eigenvalue weighted by Gasteiger charge is -2.10. The molecule has 0 radical (unpaired) electrons. The number of aryl methyl sites for hydroxylation is 2. The quantitative estimate of drug-likeness (QED) is 0.749. The van der Waals surface area contributed by atoms with Crippen molar-refractivity contribution >= 4 is 43.6 Å². The van der Waals surface area contributed by atoms with Crippen molar-refractivity contribution in [2.24, 2.45) is 0 Å². The summed E-state index contributed by atoms with van der Waals surface area (Å²) in [5, 5.41) is -0.231. The average Bonchev–Trinajstić information content (AvgIpc) is 2.83. The van der Waals surface area contributed by atoms with Crippen LogP contribution in [-0.2, 0) is 10.0 Å². The van der Waals surface area contributed by atoms with Gasteiger partial charge in [-0.2, -0.15) is 0 Å². The van der Waals surface area contributed by atoms with E-state index in [1.54, 1.807) is 6.92 Å². The second-order valence-corrected chi connectivity index (χ2v) is 8.30. The summed E-state index contributed by atoms with van der Waals surface area (Å²) < 4.78 is 41.8. The number of nitrogens with one attached hydrogen (secondary N) is 1. The van der Waals surface area contributed by atoms with Gasteiger partial charge in [0.15, 0.2) is 9.86 Å². The van der Waals surface area contributed by atoms with Crippen LogP contribution in [-0.4, -0.2) is 17.8 Å². The fourth-order valence-corrected chi connectivity index (χ4v) is 4.56. The van der Waals surface area contributed by atoms with E-state index in [-0.39, 0.29) is 16.4 Å². The molecule has 0 spiro atoms. The summed E-state index contributed by atoms with van der Waals surface area (Å²) in [4.78, 5) is 17.5. The largest absolute Gasteiger partial charge is 0.279 e. The highest BCUT2D eigenvalue weighted by atomic mass is 35.5. The molecule has 0 aliphatic rings. The zero-order valence-electron chi connectivity index (χ0n) is 12.5. The first-order chi connectivity index (χ1) is 11.2. The molecule has 0 saturated heterocycles. The van der Waals surface area contributed by atoms with Gasteiger partial charge in [-0.1, -0.05) is 11.6 Å². The van der Waals surface area contributed by atoms with Gasteiger partial charge in [0, 0.05) is 11.1 Å². The molecule has 0 aliphatic carbocycles. The maximum absolute atomic E-state index is 13.2. The molecule has 0 fully saturated rings. The molecule has 0 atom stereocenters. The van der Waals surface area contributed by atoms with Crippen molar-refractivity contribution in [2.45, 2.75) is 18.7 Å². The van der Waals surface area contributed by atoms with Crippen LogP contribution in [0.25, 0.3) is 4.96 Å². The van der Waals surface area contributed by atoms with Crippen molar-refractivity contribution in [3.05, 3.63) is 56.2 Å². The number of anilines is 1. The molecule has 2 aromatic heterocycles. The Balaban J connectivity index is 2.14. The summed E-state index contributed by atoms with van der Waals surface area (Å²) in [7, 11) is -4.21. The molecule has 2 heterocycles. The zero-order chi connectivity index (χ0) is 17.6. The van der Waals surface area contributed by atoms with Crippen molar-refractivity contribution in [1.82, 2.24) is 9.38 Å². The van der Waals surface area contributed by atoms with Gasteiger partial charge in [-0.25, -0.2) is 17.8 Å². The Morgan fingerprint density at radius 3 is 2.71 bits per heavy atom. The van der Waals surface area contributed by atoms with Crippen LogP contribution >= 0.6 is 22.9 Å². The van der Waals surface area contributed by atoms with E-state index in [0.29, 0.717) is 4.96 Å². The summed E-state index contributed by atoms with van der Waals surface area (Å²) in [5.41, 5.74) is -0.558. The Morgan fingerprint density at radius 2 is 2.04 bits per heavy atom. The molecule has 126 valence electrons. The number of sulfonamides is 1. The highest BCUT2D eigenvalue weighted by molar-refractivity contribution is 7.92. The lowest BCUT2D eigenvalue weighted by molar-refractivity contribution is 0.598. The Hall–Kier alpha value is -1.97. The molecule has 3 rings (SSSR count). The lowest BCUT2D eigenvalue weighted by atomic mass is 10.3. The van der Waals surface area contributed by atoms with Gasteiger partial charge in [-0.15, -0.1) is 11.3 Å². The monoisotopic (exact) mass is 387 g/mol. The van der Waals surface area contributed by atoms with Crippen molar-refractivity contribution in [3.63, 3.8) is 0 Å². The van der Waals surface area contributed by atoms with Crippen molar-refractivity contribution < 1.29 is 12.8 Å². The summed E-state index contributed by atoms with van der Waals surface area (Å²) in [6.45, 7) is 3.24. The second-order valence-electron chi connectivity index (χ2n) is 5.06. The van der Waals surface area contributed by atoms with Crippen LogP contribution in [0.15, 0.2) is 34.1 Å². The second kappa shape index (κ2) is 5.83. The molecule has 0 aliphatic heterocycles. The van der Waals surface area contributed by atoms with Gasteiger partial charge in [0.25, 0.3) is 15.6 Å². The van der Waals surface area contributed by atoms with E-state index >= 15 is 0 Å². The van der Waals surface area contributed by atoms with Gasteiger partial charge in [-0.3, -0.25) is 13.9 Å². The molecule has 3 aromatic rings. The van der Waals surface area contributed by atoms with Gasteiger partial charge < -0.3 is 0 Å². The first-order valence-electron chi connectivity index (χ1n) is 6.66. The molecule has 0 amide bonds. The van der Waals surface area contributed by atoms with Crippen molar-refractivity contribution in [1.29, 1.82) is 0 Å². The summed E-state index contributed by atoms with van der Waals surface area (Å²) in [5.74, 6) is -0.673. The minimum absolute atomic E-state index is 0.0480. The topological polar surface area (TPSA) is 80.5 Å². The lowest BCUT2D eigenvalue weighted by Crippen LogP contribution is -2.27. The third kappa shape index (κ3) is 2.90. The fraction of sp³-hybridized carbons (Fsp3) is 0.143. The number of fused-ring (bicyclic) bond motifs is 1. The smallest absolute Gasteiger partial charge is 0.279 e. The number of aromatic nitrogens is 2. The molecule has 0 unspecified atom stereocenters. The molecule has 0 saturated carbocycles. The maximum Gasteiger partial charge on any atom is 0.279 e. The Labute approximate surface area is 145 Å². The van der Waals surface area contributed by atoms with E-state index in [1.807, 2.05) is 0 Å². The number of nitrogens with zero attached hydrogens (tertiary/aromatic N) is 2. The van der Waals surface area contributed by atoms with Crippen LogP contribution in [0.5, 0.6) is 0 Å². The van der Waals surface area contributed by atoms with Crippen molar-refractivity contribution in [3.8, 4) is 0 Å². The van der Waals surface area contributed by atoms with Crippen LogP contribution in [0.1, 0.15) is 10.6 Å². The maximum atomic E-state index is 13.2.